The maximum Gasteiger partial charge on any atom is 0.346 e. The Labute approximate surface area is 110 Å². The van der Waals surface area contributed by atoms with Crippen LogP contribution >= 0.6 is 11.3 Å². The van der Waals surface area contributed by atoms with Gasteiger partial charge in [-0.25, -0.2) is 4.79 Å². The fourth-order valence-electron chi connectivity index (χ4n) is 1.84. The normalized spacial score (nSPS) is 10.9. The lowest BCUT2D eigenvalue weighted by Crippen LogP contribution is -2.01. The van der Waals surface area contributed by atoms with Gasteiger partial charge in [0.05, 0.1) is 6.61 Å². The molecule has 0 atom stereocenters. The molecule has 1 N–H and O–H groups in total. The van der Waals surface area contributed by atoms with Crippen molar-refractivity contribution in [2.45, 2.75) is 26.4 Å². The van der Waals surface area contributed by atoms with E-state index in [4.69, 9.17) is 4.74 Å². The first-order valence-electron chi connectivity index (χ1n) is 6.05. The highest BCUT2D eigenvalue weighted by molar-refractivity contribution is 7.21. The molecule has 0 aliphatic rings. The van der Waals surface area contributed by atoms with E-state index in [0.29, 0.717) is 18.1 Å². The first-order valence-corrected chi connectivity index (χ1v) is 6.87. The molecule has 1 aromatic carbocycles. The summed E-state index contributed by atoms with van der Waals surface area (Å²) in [7, 11) is 0. The van der Waals surface area contributed by atoms with Gasteiger partial charge in [-0.1, -0.05) is 31.5 Å². The lowest BCUT2D eigenvalue weighted by molar-refractivity contribution is 0.0693. The van der Waals surface area contributed by atoms with Gasteiger partial charge in [0, 0.05) is 16.9 Å². The highest BCUT2D eigenvalue weighted by Crippen LogP contribution is 2.31. The number of aromatic carboxylic acids is 1. The zero-order valence-corrected chi connectivity index (χ0v) is 11.1. The van der Waals surface area contributed by atoms with Gasteiger partial charge in [0.25, 0.3) is 0 Å². The minimum atomic E-state index is -0.870. The first kappa shape index (κ1) is 13.1. The van der Waals surface area contributed by atoms with Crippen molar-refractivity contribution in [2.75, 3.05) is 6.61 Å². The summed E-state index contributed by atoms with van der Waals surface area (Å²) in [6.45, 7) is 3.16. The third-order valence-electron chi connectivity index (χ3n) is 2.78. The molecule has 0 amide bonds. The average molecular weight is 264 g/mol. The average Bonchev–Trinajstić information content (AvgIpc) is 2.74. The summed E-state index contributed by atoms with van der Waals surface area (Å²) in [6.07, 6.45) is 2.08. The highest BCUT2D eigenvalue weighted by Gasteiger charge is 2.17. The van der Waals surface area contributed by atoms with E-state index in [1.165, 1.54) is 11.3 Å². The summed E-state index contributed by atoms with van der Waals surface area (Å²) in [6, 6.07) is 7.75. The Balaban J connectivity index is 2.27. The van der Waals surface area contributed by atoms with E-state index in [9.17, 15) is 9.90 Å². The molecule has 0 saturated carbocycles. The number of ether oxygens (including phenoxy) is 1. The molecule has 4 heteroatoms. The number of rotatable bonds is 6. The maximum absolute atomic E-state index is 11.2. The van der Waals surface area contributed by atoms with Gasteiger partial charge in [-0.2, -0.15) is 0 Å². The fourth-order valence-corrected chi connectivity index (χ4v) is 2.88. The van der Waals surface area contributed by atoms with Crippen LogP contribution in [-0.4, -0.2) is 17.7 Å². The summed E-state index contributed by atoms with van der Waals surface area (Å²) in [5, 5.41) is 10.2. The minimum absolute atomic E-state index is 0.381. The van der Waals surface area contributed by atoms with Gasteiger partial charge in [0.2, 0.25) is 0 Å². The van der Waals surface area contributed by atoms with Crippen molar-refractivity contribution in [3.63, 3.8) is 0 Å². The van der Waals surface area contributed by atoms with Gasteiger partial charge in [-0.3, -0.25) is 0 Å². The zero-order chi connectivity index (χ0) is 13.0. The largest absolute Gasteiger partial charge is 0.477 e. The van der Waals surface area contributed by atoms with Crippen LogP contribution in [0.2, 0.25) is 0 Å². The number of fused-ring (bicyclic) bond motifs is 1. The van der Waals surface area contributed by atoms with Gasteiger partial charge in [-0.15, -0.1) is 11.3 Å². The van der Waals surface area contributed by atoms with Crippen molar-refractivity contribution < 1.29 is 14.6 Å². The molecule has 0 aliphatic heterocycles. The molecular weight excluding hydrogens is 248 g/mol. The van der Waals surface area contributed by atoms with Crippen molar-refractivity contribution in [1.29, 1.82) is 0 Å². The molecule has 3 nitrogen and oxygen atoms in total. The van der Waals surface area contributed by atoms with Gasteiger partial charge in [-0.05, 0) is 17.9 Å². The van der Waals surface area contributed by atoms with Crippen LogP contribution in [0.4, 0.5) is 0 Å². The molecule has 0 fully saturated rings. The predicted octanol–water partition coefficient (Wildman–Crippen LogP) is 3.92. The molecule has 2 rings (SSSR count). The minimum Gasteiger partial charge on any atom is -0.477 e. The number of benzene rings is 1. The van der Waals surface area contributed by atoms with Crippen LogP contribution in [0.25, 0.3) is 10.1 Å². The van der Waals surface area contributed by atoms with E-state index < -0.39 is 5.97 Å². The molecule has 1 aromatic heterocycles. The summed E-state index contributed by atoms with van der Waals surface area (Å²) in [5.41, 5.74) is 0.805. The Bertz CT molecular complexity index is 545. The number of carbonyl (C=O) groups is 1. The number of carboxylic acid groups (broad SMARTS) is 1. The quantitative estimate of drug-likeness (QED) is 0.804. The van der Waals surface area contributed by atoms with Crippen molar-refractivity contribution in [3.8, 4) is 0 Å². The van der Waals surface area contributed by atoms with Crippen molar-refractivity contribution in [1.82, 2.24) is 0 Å². The molecule has 0 bridgehead atoms. The molecule has 2 aromatic rings. The molecule has 96 valence electrons. The summed E-state index contributed by atoms with van der Waals surface area (Å²) >= 11 is 1.32. The Morgan fingerprint density at radius 2 is 2.17 bits per heavy atom. The van der Waals surface area contributed by atoms with Gasteiger partial charge < -0.3 is 9.84 Å². The Hall–Kier alpha value is -1.39. The fraction of sp³-hybridized carbons (Fsp3) is 0.357. The van der Waals surface area contributed by atoms with E-state index >= 15 is 0 Å². The van der Waals surface area contributed by atoms with Gasteiger partial charge in [0.15, 0.2) is 0 Å². The number of unbranched alkanes of at least 4 members (excludes halogenated alkanes) is 1. The second kappa shape index (κ2) is 5.98. The van der Waals surface area contributed by atoms with Crippen LogP contribution < -0.4 is 0 Å². The number of thiophene rings is 1. The highest BCUT2D eigenvalue weighted by atomic mass is 32.1. The molecule has 0 saturated heterocycles. The Kier molecular flexibility index (Phi) is 4.33. The number of hydrogen-bond donors (Lipinski definition) is 1. The third-order valence-corrected chi connectivity index (χ3v) is 3.98. The Morgan fingerprint density at radius 3 is 2.89 bits per heavy atom. The molecular formula is C14H16O3S. The number of carboxylic acids is 1. The first-order chi connectivity index (χ1) is 8.74. The van der Waals surface area contributed by atoms with Crippen molar-refractivity contribution in [3.05, 3.63) is 34.7 Å². The lowest BCUT2D eigenvalue weighted by atomic mass is 10.1. The topological polar surface area (TPSA) is 46.5 Å². The predicted molar refractivity (Wildman–Crippen MR) is 73.3 cm³/mol. The molecule has 18 heavy (non-hydrogen) atoms. The van der Waals surface area contributed by atoms with Crippen LogP contribution in [-0.2, 0) is 11.3 Å². The molecule has 0 unspecified atom stereocenters. The summed E-state index contributed by atoms with van der Waals surface area (Å²) < 4.78 is 6.56. The smallest absolute Gasteiger partial charge is 0.346 e. The van der Waals surface area contributed by atoms with Crippen molar-refractivity contribution >= 4 is 27.4 Å². The van der Waals surface area contributed by atoms with E-state index in [1.54, 1.807) is 0 Å². The molecule has 1 heterocycles. The van der Waals surface area contributed by atoms with Crippen LogP contribution in [0.3, 0.4) is 0 Å². The van der Waals surface area contributed by atoms with Crippen LogP contribution in [0.1, 0.15) is 35.0 Å². The van der Waals surface area contributed by atoms with E-state index in [1.807, 2.05) is 24.3 Å². The molecule has 0 spiro atoms. The lowest BCUT2D eigenvalue weighted by Gasteiger charge is -2.04. The number of hydrogen-bond acceptors (Lipinski definition) is 3. The second-order valence-corrected chi connectivity index (χ2v) is 5.17. The monoisotopic (exact) mass is 264 g/mol. The van der Waals surface area contributed by atoms with Gasteiger partial charge >= 0.3 is 5.97 Å². The van der Waals surface area contributed by atoms with Gasteiger partial charge in [0.1, 0.15) is 4.88 Å². The van der Waals surface area contributed by atoms with Crippen LogP contribution in [0, 0.1) is 0 Å². The summed E-state index contributed by atoms with van der Waals surface area (Å²) in [4.78, 5) is 11.6. The van der Waals surface area contributed by atoms with E-state index in [2.05, 4.69) is 6.92 Å². The zero-order valence-electron chi connectivity index (χ0n) is 10.3. The van der Waals surface area contributed by atoms with Crippen LogP contribution in [0.15, 0.2) is 24.3 Å². The van der Waals surface area contributed by atoms with Crippen molar-refractivity contribution in [2.24, 2.45) is 0 Å². The Morgan fingerprint density at radius 1 is 1.39 bits per heavy atom. The third kappa shape index (κ3) is 2.71. The van der Waals surface area contributed by atoms with Crippen LogP contribution in [0.5, 0.6) is 0 Å². The standard InChI is InChI=1S/C14H16O3S/c1-2-3-8-17-9-11-10-6-4-5-7-12(10)18-13(11)14(15)16/h4-7H,2-3,8-9H2,1H3,(H,15,16). The molecule has 0 aliphatic carbocycles. The maximum atomic E-state index is 11.2. The second-order valence-electron chi connectivity index (χ2n) is 4.12. The summed E-state index contributed by atoms with van der Waals surface area (Å²) in [5.74, 6) is -0.870. The molecule has 0 radical (unpaired) electrons. The SMILES string of the molecule is CCCCOCc1c(C(=O)O)sc2ccccc12. The van der Waals surface area contributed by atoms with E-state index in [0.717, 1.165) is 28.5 Å². The van der Waals surface area contributed by atoms with E-state index in [-0.39, 0.29) is 0 Å².